The summed E-state index contributed by atoms with van der Waals surface area (Å²) < 4.78 is 19.2. The molecule has 90 valence electrons. The quantitative estimate of drug-likeness (QED) is 0.915. The van der Waals surface area contributed by atoms with Crippen LogP contribution in [0.4, 0.5) is 4.39 Å². The van der Waals surface area contributed by atoms with E-state index >= 15 is 0 Å². The molecule has 0 aliphatic rings. The monoisotopic (exact) mass is 299 g/mol. The third kappa shape index (κ3) is 2.18. The van der Waals surface area contributed by atoms with Gasteiger partial charge in [0, 0.05) is 12.1 Å². The molecular formula is C11H11BrFN3O. The molecule has 0 unspecified atom stereocenters. The van der Waals surface area contributed by atoms with Crippen molar-refractivity contribution in [2.45, 2.75) is 6.54 Å². The predicted octanol–water partition coefficient (Wildman–Crippen LogP) is 2.45. The molecule has 0 radical (unpaired) electrons. The van der Waals surface area contributed by atoms with Crippen LogP contribution in [0.5, 0.6) is 5.75 Å². The van der Waals surface area contributed by atoms with Gasteiger partial charge in [0.15, 0.2) is 11.6 Å². The Balaban J connectivity index is 2.46. The minimum absolute atomic E-state index is 0.208. The molecule has 1 aromatic heterocycles. The smallest absolute Gasteiger partial charge is 0.165 e. The zero-order valence-corrected chi connectivity index (χ0v) is 10.7. The normalized spacial score (nSPS) is 10.6. The van der Waals surface area contributed by atoms with Crippen LogP contribution in [-0.4, -0.2) is 17.3 Å². The van der Waals surface area contributed by atoms with E-state index in [0.29, 0.717) is 17.8 Å². The maximum Gasteiger partial charge on any atom is 0.165 e. The highest BCUT2D eigenvalue weighted by molar-refractivity contribution is 9.10. The van der Waals surface area contributed by atoms with Crippen LogP contribution in [0.2, 0.25) is 0 Å². The number of aromatic amines is 1. The number of rotatable bonds is 3. The number of aromatic nitrogens is 2. The summed E-state index contributed by atoms with van der Waals surface area (Å²) in [6, 6.07) is 4.68. The Morgan fingerprint density at radius 2 is 2.29 bits per heavy atom. The first-order chi connectivity index (χ1) is 8.17. The van der Waals surface area contributed by atoms with E-state index in [9.17, 15) is 4.39 Å². The number of nitrogens with two attached hydrogens (primary N) is 1. The van der Waals surface area contributed by atoms with E-state index in [4.69, 9.17) is 10.5 Å². The molecule has 1 heterocycles. The molecule has 0 aliphatic carbocycles. The number of nitrogens with one attached hydrogen (secondary N) is 1. The van der Waals surface area contributed by atoms with E-state index < -0.39 is 5.82 Å². The van der Waals surface area contributed by atoms with Gasteiger partial charge in [-0.3, -0.25) is 5.10 Å². The maximum atomic E-state index is 13.6. The standard InChI is InChI=1S/C11H11BrFN3O/c1-17-9-3-2-6(4-7(9)13)11-10(12)8(5-14)15-16-11/h2-4H,5,14H2,1H3,(H,15,16). The lowest BCUT2D eigenvalue weighted by atomic mass is 10.1. The summed E-state index contributed by atoms with van der Waals surface area (Å²) in [4.78, 5) is 0. The van der Waals surface area contributed by atoms with Gasteiger partial charge in [-0.1, -0.05) is 0 Å². The predicted molar refractivity (Wildman–Crippen MR) is 66.1 cm³/mol. The fraction of sp³-hybridized carbons (Fsp3) is 0.182. The van der Waals surface area contributed by atoms with Crippen molar-refractivity contribution in [3.05, 3.63) is 34.2 Å². The van der Waals surface area contributed by atoms with Gasteiger partial charge in [0.25, 0.3) is 0 Å². The Bertz CT molecular complexity index is 542. The molecule has 1 aromatic carbocycles. The highest BCUT2D eigenvalue weighted by atomic mass is 79.9. The Morgan fingerprint density at radius 3 is 2.82 bits per heavy atom. The highest BCUT2D eigenvalue weighted by Crippen LogP contribution is 2.31. The number of methoxy groups -OCH3 is 1. The fourth-order valence-corrected chi connectivity index (χ4v) is 2.07. The molecule has 0 spiro atoms. The summed E-state index contributed by atoms with van der Waals surface area (Å²) in [5.74, 6) is -0.214. The van der Waals surface area contributed by atoms with E-state index in [-0.39, 0.29) is 5.75 Å². The summed E-state index contributed by atoms with van der Waals surface area (Å²) in [5, 5.41) is 6.89. The van der Waals surface area contributed by atoms with Gasteiger partial charge in [-0.05, 0) is 34.1 Å². The Hall–Kier alpha value is -1.40. The number of hydrogen-bond donors (Lipinski definition) is 2. The molecule has 4 nitrogen and oxygen atoms in total. The molecule has 3 N–H and O–H groups in total. The summed E-state index contributed by atoms with van der Waals surface area (Å²) >= 11 is 3.38. The van der Waals surface area contributed by atoms with E-state index in [1.54, 1.807) is 12.1 Å². The molecule has 2 rings (SSSR count). The second-order valence-corrected chi connectivity index (χ2v) is 4.21. The molecule has 6 heteroatoms. The van der Waals surface area contributed by atoms with Gasteiger partial charge in [-0.15, -0.1) is 0 Å². The lowest BCUT2D eigenvalue weighted by molar-refractivity contribution is 0.386. The molecule has 0 aliphatic heterocycles. The van der Waals surface area contributed by atoms with Gasteiger partial charge >= 0.3 is 0 Å². The minimum atomic E-state index is -0.422. The molecule has 2 aromatic rings. The molecule has 0 atom stereocenters. The zero-order chi connectivity index (χ0) is 12.4. The van der Waals surface area contributed by atoms with Gasteiger partial charge in [0.1, 0.15) is 5.69 Å². The lowest BCUT2D eigenvalue weighted by Gasteiger charge is -2.03. The summed E-state index contributed by atoms with van der Waals surface area (Å²) in [6.07, 6.45) is 0. The van der Waals surface area contributed by atoms with Crippen molar-refractivity contribution in [3.63, 3.8) is 0 Å². The molecule has 0 fully saturated rings. The third-order valence-corrected chi connectivity index (χ3v) is 3.26. The van der Waals surface area contributed by atoms with Crippen LogP contribution < -0.4 is 10.5 Å². The zero-order valence-electron chi connectivity index (χ0n) is 9.13. The van der Waals surface area contributed by atoms with E-state index in [1.165, 1.54) is 13.2 Å². The second-order valence-electron chi connectivity index (χ2n) is 3.42. The summed E-state index contributed by atoms with van der Waals surface area (Å²) in [5.41, 5.74) is 7.59. The number of hydrogen-bond acceptors (Lipinski definition) is 3. The number of benzene rings is 1. The van der Waals surface area contributed by atoms with E-state index in [1.807, 2.05) is 0 Å². The van der Waals surface area contributed by atoms with Crippen LogP contribution in [0.3, 0.4) is 0 Å². The molecular weight excluding hydrogens is 289 g/mol. The van der Waals surface area contributed by atoms with Crippen LogP contribution in [0.1, 0.15) is 5.69 Å². The average Bonchev–Trinajstić information content (AvgIpc) is 2.70. The largest absolute Gasteiger partial charge is 0.494 e. The first-order valence-electron chi connectivity index (χ1n) is 4.94. The number of nitrogens with zero attached hydrogens (tertiary/aromatic N) is 1. The van der Waals surface area contributed by atoms with Crippen LogP contribution >= 0.6 is 15.9 Å². The average molecular weight is 300 g/mol. The van der Waals surface area contributed by atoms with Gasteiger partial charge < -0.3 is 10.5 Å². The SMILES string of the molecule is COc1ccc(-c2n[nH]c(CN)c2Br)cc1F. The minimum Gasteiger partial charge on any atom is -0.494 e. The number of halogens is 2. The van der Waals surface area contributed by atoms with Gasteiger partial charge in [0.05, 0.1) is 17.3 Å². The Kier molecular flexibility index (Phi) is 3.44. The summed E-state index contributed by atoms with van der Waals surface area (Å²) in [7, 11) is 1.43. The molecule has 0 amide bonds. The first kappa shape index (κ1) is 12.1. The van der Waals surface area contributed by atoms with Crippen LogP contribution in [0.25, 0.3) is 11.3 Å². The van der Waals surface area contributed by atoms with Crippen LogP contribution in [0, 0.1) is 5.82 Å². The maximum absolute atomic E-state index is 13.6. The molecule has 0 saturated carbocycles. The first-order valence-corrected chi connectivity index (χ1v) is 5.73. The van der Waals surface area contributed by atoms with Gasteiger partial charge in [-0.2, -0.15) is 5.10 Å². The second kappa shape index (κ2) is 4.85. The van der Waals surface area contributed by atoms with Crippen molar-refractivity contribution >= 4 is 15.9 Å². The fourth-order valence-electron chi connectivity index (χ4n) is 1.50. The van der Waals surface area contributed by atoms with Crippen LogP contribution in [0.15, 0.2) is 22.7 Å². The Morgan fingerprint density at radius 1 is 1.53 bits per heavy atom. The van der Waals surface area contributed by atoms with E-state index in [2.05, 4.69) is 26.1 Å². The van der Waals surface area contributed by atoms with Crippen molar-refractivity contribution in [2.75, 3.05) is 7.11 Å². The van der Waals surface area contributed by atoms with Crippen molar-refractivity contribution in [1.82, 2.24) is 10.2 Å². The van der Waals surface area contributed by atoms with Crippen molar-refractivity contribution in [1.29, 1.82) is 0 Å². The number of H-pyrrole nitrogens is 1. The van der Waals surface area contributed by atoms with Crippen molar-refractivity contribution < 1.29 is 9.13 Å². The number of ether oxygens (including phenoxy) is 1. The van der Waals surface area contributed by atoms with Crippen LogP contribution in [-0.2, 0) is 6.54 Å². The molecule has 0 bridgehead atoms. The Labute approximate surface area is 106 Å². The highest BCUT2D eigenvalue weighted by Gasteiger charge is 2.13. The van der Waals surface area contributed by atoms with Crippen molar-refractivity contribution in [2.24, 2.45) is 5.73 Å². The molecule has 17 heavy (non-hydrogen) atoms. The third-order valence-electron chi connectivity index (χ3n) is 2.40. The molecule has 0 saturated heterocycles. The van der Waals surface area contributed by atoms with Gasteiger partial charge in [0.2, 0.25) is 0 Å². The topological polar surface area (TPSA) is 63.9 Å². The summed E-state index contributed by atoms with van der Waals surface area (Å²) in [6.45, 7) is 0.340. The van der Waals surface area contributed by atoms with Crippen molar-refractivity contribution in [3.8, 4) is 17.0 Å². The van der Waals surface area contributed by atoms with Gasteiger partial charge in [-0.25, -0.2) is 4.39 Å². The lowest BCUT2D eigenvalue weighted by Crippen LogP contribution is -1.96. The van der Waals surface area contributed by atoms with E-state index in [0.717, 1.165) is 10.2 Å².